The number of aromatic hydroxyl groups is 1. The number of nitro benzene ring substituents is 1. The van der Waals surface area contributed by atoms with Crippen molar-refractivity contribution < 1.29 is 10.0 Å². The molecule has 2 aromatic carbocycles. The Morgan fingerprint density at radius 1 is 1.04 bits per heavy atom. The third-order valence-corrected chi connectivity index (χ3v) is 4.20. The Bertz CT molecular complexity index is 1210. The maximum atomic E-state index is 12.7. The molecule has 1 N–H and O–H groups in total. The topological polar surface area (TPSA) is 120 Å². The third kappa shape index (κ3) is 3.32. The van der Waals surface area contributed by atoms with Gasteiger partial charge in [-0.3, -0.25) is 24.0 Å². The highest BCUT2D eigenvalue weighted by atomic mass is 16.6. The van der Waals surface area contributed by atoms with Crippen molar-refractivity contribution in [2.75, 3.05) is 0 Å². The molecule has 28 heavy (non-hydrogen) atoms. The highest BCUT2D eigenvalue weighted by molar-refractivity contribution is 6.15. The van der Waals surface area contributed by atoms with Gasteiger partial charge in [-0.25, -0.2) is 9.79 Å². The Balaban J connectivity index is 2.36. The summed E-state index contributed by atoms with van der Waals surface area (Å²) in [6.45, 7) is 0. The highest BCUT2D eigenvalue weighted by Crippen LogP contribution is 2.24. The van der Waals surface area contributed by atoms with Crippen molar-refractivity contribution >= 4 is 17.1 Å². The summed E-state index contributed by atoms with van der Waals surface area (Å²) in [5.41, 5.74) is -0.936. The average molecular weight is 380 g/mol. The number of benzene rings is 2. The predicted octanol–water partition coefficient (Wildman–Crippen LogP) is 1.87. The van der Waals surface area contributed by atoms with Gasteiger partial charge in [0, 0.05) is 31.8 Å². The summed E-state index contributed by atoms with van der Waals surface area (Å²) in [5, 5.41) is 21.5. The van der Waals surface area contributed by atoms with Crippen molar-refractivity contribution in [3.63, 3.8) is 0 Å². The van der Waals surface area contributed by atoms with Crippen molar-refractivity contribution in [1.29, 1.82) is 0 Å². The molecular weight excluding hydrogens is 364 g/mol. The van der Waals surface area contributed by atoms with Crippen LogP contribution in [0.15, 0.2) is 69.2 Å². The van der Waals surface area contributed by atoms with Crippen molar-refractivity contribution in [1.82, 2.24) is 9.13 Å². The second-order valence-electron chi connectivity index (χ2n) is 6.01. The van der Waals surface area contributed by atoms with Gasteiger partial charge >= 0.3 is 5.69 Å². The zero-order valence-electron chi connectivity index (χ0n) is 15.1. The zero-order chi connectivity index (χ0) is 20.4. The van der Waals surface area contributed by atoms with Gasteiger partial charge < -0.3 is 5.11 Å². The molecule has 3 rings (SSSR count). The summed E-state index contributed by atoms with van der Waals surface area (Å²) in [6.07, 6.45) is 0. The minimum absolute atomic E-state index is 0.0924. The molecule has 3 aromatic rings. The number of non-ortho nitro benzene ring substituents is 1. The summed E-state index contributed by atoms with van der Waals surface area (Å²) in [6, 6.07) is 14.2. The number of nitrogens with zero attached hydrogens (tertiary/aromatic N) is 4. The fourth-order valence-electron chi connectivity index (χ4n) is 2.71. The van der Waals surface area contributed by atoms with E-state index in [1.54, 1.807) is 36.4 Å². The Kier molecular flexibility index (Phi) is 4.90. The van der Waals surface area contributed by atoms with Crippen molar-refractivity contribution in [2.45, 2.75) is 0 Å². The molecule has 0 atom stereocenters. The van der Waals surface area contributed by atoms with E-state index in [0.29, 0.717) is 5.56 Å². The van der Waals surface area contributed by atoms with Gasteiger partial charge in [-0.05, 0) is 6.07 Å². The fraction of sp³-hybridized carbons (Fsp3) is 0.105. The molecule has 0 bridgehead atoms. The lowest BCUT2D eigenvalue weighted by Gasteiger charge is -2.13. The van der Waals surface area contributed by atoms with E-state index < -0.39 is 22.1 Å². The largest absolute Gasteiger partial charge is 0.494 e. The van der Waals surface area contributed by atoms with Crippen LogP contribution in [0.1, 0.15) is 11.1 Å². The van der Waals surface area contributed by atoms with Gasteiger partial charge in [-0.15, -0.1) is 0 Å². The minimum Gasteiger partial charge on any atom is -0.494 e. The van der Waals surface area contributed by atoms with E-state index in [2.05, 4.69) is 4.99 Å². The normalized spacial score (nSPS) is 11.4. The molecule has 142 valence electrons. The summed E-state index contributed by atoms with van der Waals surface area (Å²) in [4.78, 5) is 39.7. The van der Waals surface area contributed by atoms with Gasteiger partial charge in [0.05, 0.1) is 16.3 Å². The molecule has 0 saturated heterocycles. The van der Waals surface area contributed by atoms with Crippen LogP contribution in [0.25, 0.3) is 0 Å². The van der Waals surface area contributed by atoms with Gasteiger partial charge in [0.15, 0.2) is 0 Å². The van der Waals surface area contributed by atoms with Crippen molar-refractivity contribution in [2.24, 2.45) is 19.1 Å². The number of hydrogen-bond acceptors (Lipinski definition) is 6. The first-order chi connectivity index (χ1) is 13.3. The average Bonchev–Trinajstić information content (AvgIpc) is 2.71. The second kappa shape index (κ2) is 7.31. The molecule has 9 nitrogen and oxygen atoms in total. The van der Waals surface area contributed by atoms with Crippen molar-refractivity contribution in [3.05, 3.63) is 96.7 Å². The molecule has 0 unspecified atom stereocenters. The van der Waals surface area contributed by atoms with E-state index in [-0.39, 0.29) is 22.6 Å². The molecule has 0 aliphatic carbocycles. The minimum atomic E-state index is -0.728. The molecule has 0 aliphatic rings. The van der Waals surface area contributed by atoms with Gasteiger partial charge in [0.1, 0.15) is 5.56 Å². The Morgan fingerprint density at radius 3 is 2.36 bits per heavy atom. The summed E-state index contributed by atoms with van der Waals surface area (Å²) in [5.74, 6) is -0.541. The molecule has 9 heteroatoms. The maximum absolute atomic E-state index is 12.7. The molecule has 0 spiro atoms. The summed E-state index contributed by atoms with van der Waals surface area (Å²) < 4.78 is 1.80. The number of rotatable bonds is 4. The van der Waals surface area contributed by atoms with Crippen LogP contribution in [0.3, 0.4) is 0 Å². The standard InChI is InChI=1S/C19H16N4O5/c1-21-17(24)15(18(25)22(2)19(21)26)16(12-7-4-3-5-8-12)20-13-9-6-10-14(11-13)23(27)28/h3-11,24H,1-2H3. The highest BCUT2D eigenvalue weighted by Gasteiger charge is 2.21. The van der Waals surface area contributed by atoms with Crippen LogP contribution >= 0.6 is 0 Å². The first-order valence-electron chi connectivity index (χ1n) is 8.19. The van der Waals surface area contributed by atoms with Gasteiger partial charge in [0.2, 0.25) is 5.88 Å². The summed E-state index contributed by atoms with van der Waals surface area (Å²) >= 11 is 0. The van der Waals surface area contributed by atoms with Crippen LogP contribution in [-0.4, -0.2) is 24.9 Å². The first-order valence-corrected chi connectivity index (χ1v) is 8.19. The van der Waals surface area contributed by atoms with Crippen LogP contribution in [0.5, 0.6) is 5.88 Å². The lowest BCUT2D eigenvalue weighted by Crippen LogP contribution is -2.40. The van der Waals surface area contributed by atoms with Gasteiger partial charge in [-0.2, -0.15) is 0 Å². The lowest BCUT2D eigenvalue weighted by molar-refractivity contribution is -0.384. The van der Waals surface area contributed by atoms with Gasteiger partial charge in [-0.1, -0.05) is 36.4 Å². The van der Waals surface area contributed by atoms with E-state index in [9.17, 15) is 24.8 Å². The monoisotopic (exact) mass is 380 g/mol. The number of hydrogen-bond donors (Lipinski definition) is 1. The maximum Gasteiger partial charge on any atom is 0.333 e. The second-order valence-corrected chi connectivity index (χ2v) is 6.01. The van der Waals surface area contributed by atoms with E-state index in [0.717, 1.165) is 9.13 Å². The molecule has 0 aliphatic heterocycles. The third-order valence-electron chi connectivity index (χ3n) is 4.20. The number of aromatic nitrogens is 2. The molecular formula is C19H16N4O5. The molecule has 1 aromatic heterocycles. The van der Waals surface area contributed by atoms with Gasteiger partial charge in [0.25, 0.3) is 11.2 Å². The first kappa shape index (κ1) is 18.8. The fourth-order valence-corrected chi connectivity index (χ4v) is 2.71. The quantitative estimate of drug-likeness (QED) is 0.421. The van der Waals surface area contributed by atoms with E-state index >= 15 is 0 Å². The van der Waals surface area contributed by atoms with E-state index in [4.69, 9.17) is 0 Å². The Morgan fingerprint density at radius 2 is 1.71 bits per heavy atom. The molecule has 0 fully saturated rings. The van der Waals surface area contributed by atoms with Crippen LogP contribution in [0.2, 0.25) is 0 Å². The molecule has 1 heterocycles. The Labute approximate surface area is 158 Å². The lowest BCUT2D eigenvalue weighted by atomic mass is 10.0. The van der Waals surface area contributed by atoms with Crippen molar-refractivity contribution in [3.8, 4) is 5.88 Å². The smallest absolute Gasteiger partial charge is 0.333 e. The van der Waals surface area contributed by atoms with Crippen LogP contribution in [0.4, 0.5) is 11.4 Å². The number of nitro groups is 1. The summed E-state index contributed by atoms with van der Waals surface area (Å²) in [7, 11) is 2.63. The molecule has 0 amide bonds. The van der Waals surface area contributed by atoms with E-state index in [1.165, 1.54) is 32.3 Å². The SMILES string of the molecule is Cn1c(O)c(C(=Nc2cccc([N+](=O)[O-])c2)c2ccccc2)c(=O)n(C)c1=O. The number of aliphatic imine (C=N–C) groups is 1. The Hall–Kier alpha value is -4.01. The van der Waals surface area contributed by atoms with E-state index in [1.807, 2.05) is 0 Å². The van der Waals surface area contributed by atoms with Crippen LogP contribution in [-0.2, 0) is 14.1 Å². The van der Waals surface area contributed by atoms with Crippen LogP contribution in [0, 0.1) is 10.1 Å². The zero-order valence-corrected chi connectivity index (χ0v) is 15.1. The predicted molar refractivity (Wildman–Crippen MR) is 103 cm³/mol. The molecule has 0 radical (unpaired) electrons. The van der Waals surface area contributed by atoms with Crippen LogP contribution < -0.4 is 11.2 Å². The molecule has 0 saturated carbocycles.